The first-order chi connectivity index (χ1) is 3.41. The molecule has 0 aliphatic carbocycles. The van der Waals surface area contributed by atoms with Crippen LogP contribution < -0.4 is 0 Å². The van der Waals surface area contributed by atoms with E-state index >= 15 is 0 Å². The molecule has 7 heavy (non-hydrogen) atoms. The summed E-state index contributed by atoms with van der Waals surface area (Å²) in [5, 5.41) is 0. The van der Waals surface area contributed by atoms with Crippen LogP contribution in [0.2, 0.25) is 0 Å². The summed E-state index contributed by atoms with van der Waals surface area (Å²) in [5.74, 6) is 0. The van der Waals surface area contributed by atoms with Crippen molar-refractivity contribution in [1.82, 2.24) is 0 Å². The third kappa shape index (κ3) is 6.14. The van der Waals surface area contributed by atoms with Gasteiger partial charge in [-0.2, -0.15) is 0 Å². The Morgan fingerprint density at radius 2 is 2.43 bits per heavy atom. The minimum atomic E-state index is -0.829. The highest BCUT2D eigenvalue weighted by atomic mass is 28.2. The molecule has 0 radical (unpaired) electrons. The van der Waals surface area contributed by atoms with E-state index in [1.165, 1.54) is 0 Å². The lowest BCUT2D eigenvalue weighted by Crippen LogP contribution is -2.02. The Labute approximate surface area is 46.4 Å². The second-order valence-corrected chi connectivity index (χ2v) is 2.19. The largest absolute Gasteiger partial charge is 0.436 e. The highest BCUT2D eigenvalue weighted by molar-refractivity contribution is 6.24. The normalized spacial score (nSPS) is 11.1. The molecule has 0 saturated heterocycles. The highest BCUT2D eigenvalue weighted by Gasteiger charge is 1.80. The molecule has 0 aromatic carbocycles. The molecule has 0 heterocycles. The lowest BCUT2D eigenvalue weighted by atomic mass is 10.5. The molecule has 0 spiro atoms. The first kappa shape index (κ1) is 7.14. The van der Waals surface area contributed by atoms with Crippen LogP contribution in [0.15, 0.2) is 0 Å². The molecular weight excluding hydrogens is 108 g/mol. The van der Waals surface area contributed by atoms with Gasteiger partial charge in [-0.25, -0.2) is 0 Å². The van der Waals surface area contributed by atoms with Crippen molar-refractivity contribution >= 4 is 9.76 Å². The number of rotatable bonds is 4. The van der Waals surface area contributed by atoms with E-state index in [1.807, 2.05) is 0 Å². The average molecular weight is 120 g/mol. The molecule has 0 aromatic heterocycles. The van der Waals surface area contributed by atoms with Crippen molar-refractivity contribution in [1.29, 1.82) is 0 Å². The molecule has 0 saturated carbocycles. The van der Waals surface area contributed by atoms with E-state index in [1.54, 1.807) is 0 Å². The van der Waals surface area contributed by atoms with Crippen molar-refractivity contribution in [3.63, 3.8) is 0 Å². The Morgan fingerprint density at radius 1 is 1.71 bits per heavy atom. The summed E-state index contributed by atoms with van der Waals surface area (Å²) < 4.78 is 4.94. The molecule has 2 nitrogen and oxygen atoms in total. The Balaban J connectivity index is 2.45. The van der Waals surface area contributed by atoms with E-state index in [0.717, 1.165) is 13.0 Å². The molecule has 0 bridgehead atoms. The average Bonchev–Trinajstić information content (AvgIpc) is 1.69. The molecule has 0 atom stereocenters. The third-order valence-corrected chi connectivity index (χ3v) is 1.06. The van der Waals surface area contributed by atoms with Gasteiger partial charge in [-0.3, -0.25) is 0 Å². The summed E-state index contributed by atoms with van der Waals surface area (Å²) in [6.45, 7) is 2.85. The van der Waals surface area contributed by atoms with Crippen molar-refractivity contribution in [3.8, 4) is 0 Å². The summed E-state index contributed by atoms with van der Waals surface area (Å²) in [7, 11) is -0.829. The number of hydrogen-bond donors (Lipinski definition) is 1. The van der Waals surface area contributed by atoms with Crippen molar-refractivity contribution in [2.75, 3.05) is 12.8 Å². The molecule has 0 aromatic rings. The fourth-order valence-electron chi connectivity index (χ4n) is 0.311. The standard InChI is InChI=1S/C4H12O2Si/c1-2-3-6-4-7-5/h5H,2-4,7H2,1H3. The van der Waals surface area contributed by atoms with Gasteiger partial charge in [0.1, 0.15) is 0 Å². The van der Waals surface area contributed by atoms with Crippen molar-refractivity contribution in [2.45, 2.75) is 13.3 Å². The quantitative estimate of drug-likeness (QED) is 0.398. The van der Waals surface area contributed by atoms with Gasteiger partial charge in [0.05, 0.1) is 6.23 Å². The Hall–Kier alpha value is 0.137. The van der Waals surface area contributed by atoms with E-state index in [9.17, 15) is 0 Å². The molecule has 0 unspecified atom stereocenters. The first-order valence-electron chi connectivity index (χ1n) is 2.60. The summed E-state index contributed by atoms with van der Waals surface area (Å²) in [6, 6.07) is 0. The lowest BCUT2D eigenvalue weighted by Gasteiger charge is -1.94. The van der Waals surface area contributed by atoms with E-state index in [0.29, 0.717) is 6.23 Å². The molecule has 0 fully saturated rings. The van der Waals surface area contributed by atoms with Gasteiger partial charge in [0, 0.05) is 6.61 Å². The number of hydrogen-bond acceptors (Lipinski definition) is 2. The van der Waals surface area contributed by atoms with Gasteiger partial charge < -0.3 is 9.53 Å². The van der Waals surface area contributed by atoms with Crippen LogP contribution in [-0.4, -0.2) is 27.4 Å². The van der Waals surface area contributed by atoms with Crippen molar-refractivity contribution < 1.29 is 9.53 Å². The maximum absolute atomic E-state index is 8.31. The van der Waals surface area contributed by atoms with Crippen LogP contribution >= 0.6 is 0 Å². The molecule has 44 valence electrons. The minimum Gasteiger partial charge on any atom is -0.436 e. The van der Waals surface area contributed by atoms with E-state index in [2.05, 4.69) is 6.92 Å². The maximum atomic E-state index is 8.31. The fourth-order valence-corrected chi connectivity index (χ4v) is 0.644. The van der Waals surface area contributed by atoms with Crippen LogP contribution in [0.5, 0.6) is 0 Å². The summed E-state index contributed by atoms with van der Waals surface area (Å²) in [6.07, 6.45) is 1.67. The molecule has 3 heteroatoms. The van der Waals surface area contributed by atoms with Crippen molar-refractivity contribution in [2.24, 2.45) is 0 Å². The monoisotopic (exact) mass is 120 g/mol. The molecule has 0 aliphatic rings. The zero-order valence-corrected chi connectivity index (χ0v) is 6.10. The maximum Gasteiger partial charge on any atom is 0.182 e. The fraction of sp³-hybridized carbons (Fsp3) is 1.00. The van der Waals surface area contributed by atoms with Gasteiger partial charge in [0.15, 0.2) is 9.76 Å². The van der Waals surface area contributed by atoms with Gasteiger partial charge in [-0.15, -0.1) is 0 Å². The van der Waals surface area contributed by atoms with Gasteiger partial charge in [0.2, 0.25) is 0 Å². The Bertz CT molecular complexity index is 28.9. The summed E-state index contributed by atoms with van der Waals surface area (Å²) >= 11 is 0. The topological polar surface area (TPSA) is 29.5 Å². The van der Waals surface area contributed by atoms with E-state index < -0.39 is 9.76 Å². The molecular formula is C4H12O2Si. The summed E-state index contributed by atoms with van der Waals surface area (Å²) in [4.78, 5) is 8.31. The van der Waals surface area contributed by atoms with Crippen LogP contribution in [0.4, 0.5) is 0 Å². The molecule has 0 amide bonds. The van der Waals surface area contributed by atoms with Crippen LogP contribution in [0.25, 0.3) is 0 Å². The van der Waals surface area contributed by atoms with Crippen LogP contribution in [0.1, 0.15) is 13.3 Å². The SMILES string of the molecule is CCCOC[SiH2]O. The molecule has 0 rings (SSSR count). The Morgan fingerprint density at radius 3 is 2.86 bits per heavy atom. The predicted octanol–water partition coefficient (Wildman–Crippen LogP) is -0.553. The zero-order valence-electron chi connectivity index (χ0n) is 4.68. The van der Waals surface area contributed by atoms with Crippen LogP contribution in [-0.2, 0) is 4.74 Å². The third-order valence-electron chi connectivity index (χ3n) is 0.584. The Kier molecular flexibility index (Phi) is 6.26. The smallest absolute Gasteiger partial charge is 0.182 e. The van der Waals surface area contributed by atoms with Gasteiger partial charge in [-0.05, 0) is 6.42 Å². The van der Waals surface area contributed by atoms with Crippen molar-refractivity contribution in [3.05, 3.63) is 0 Å². The highest BCUT2D eigenvalue weighted by Crippen LogP contribution is 1.75. The van der Waals surface area contributed by atoms with Gasteiger partial charge in [-0.1, -0.05) is 6.92 Å². The van der Waals surface area contributed by atoms with E-state index in [4.69, 9.17) is 9.53 Å². The zero-order chi connectivity index (χ0) is 5.54. The van der Waals surface area contributed by atoms with Gasteiger partial charge in [0.25, 0.3) is 0 Å². The molecule has 0 aliphatic heterocycles. The lowest BCUT2D eigenvalue weighted by molar-refractivity contribution is 0.171. The summed E-state index contributed by atoms with van der Waals surface area (Å²) in [5.41, 5.74) is 0. The first-order valence-corrected chi connectivity index (χ1v) is 4.23. The second kappa shape index (κ2) is 6.14. The minimum absolute atomic E-state index is 0.619. The van der Waals surface area contributed by atoms with Gasteiger partial charge >= 0.3 is 0 Å². The molecule has 1 N–H and O–H groups in total. The van der Waals surface area contributed by atoms with E-state index in [-0.39, 0.29) is 0 Å². The number of ether oxygens (including phenoxy) is 1. The second-order valence-electron chi connectivity index (χ2n) is 1.34. The predicted molar refractivity (Wildman–Crippen MR) is 31.9 cm³/mol. The van der Waals surface area contributed by atoms with Crippen LogP contribution in [0, 0.1) is 0 Å². The van der Waals surface area contributed by atoms with Crippen LogP contribution in [0.3, 0.4) is 0 Å².